The molecule has 0 saturated heterocycles. The Labute approximate surface area is 190 Å². The van der Waals surface area contributed by atoms with E-state index in [1.165, 1.54) is 24.7 Å². The van der Waals surface area contributed by atoms with Crippen molar-refractivity contribution >= 4 is 43.7 Å². The second kappa shape index (κ2) is 8.66. The normalized spacial score (nSPS) is 14.0. The first-order valence-electron chi connectivity index (χ1n) is 9.97. The molecular weight excluding hydrogens is 447 g/mol. The first kappa shape index (κ1) is 22.5. The number of hydrogen-bond acceptors (Lipinski definition) is 8. The van der Waals surface area contributed by atoms with Gasteiger partial charge in [0.2, 0.25) is 5.89 Å². The molecule has 0 aliphatic rings. The fraction of sp³-hybridized carbons (Fsp3) is 0.227. The fourth-order valence-corrected chi connectivity index (χ4v) is 3.95. The van der Waals surface area contributed by atoms with Crippen molar-refractivity contribution < 1.29 is 17.8 Å². The van der Waals surface area contributed by atoms with Gasteiger partial charge >= 0.3 is 0 Å². The molecule has 172 valence electrons. The maximum atomic E-state index is 14.0. The molecule has 2 heterocycles. The van der Waals surface area contributed by atoms with Crippen LogP contribution in [0.1, 0.15) is 30.4 Å². The lowest BCUT2D eigenvalue weighted by atomic mass is 10.1. The van der Waals surface area contributed by atoms with E-state index in [-0.39, 0.29) is 11.6 Å². The number of anilines is 3. The maximum Gasteiger partial charge on any atom is 0.256 e. The van der Waals surface area contributed by atoms with E-state index in [0.29, 0.717) is 28.6 Å². The van der Waals surface area contributed by atoms with Crippen molar-refractivity contribution in [3.05, 3.63) is 59.8 Å². The van der Waals surface area contributed by atoms with Gasteiger partial charge in [0.1, 0.15) is 23.7 Å². The van der Waals surface area contributed by atoms with Gasteiger partial charge in [-0.1, -0.05) is 0 Å². The first-order chi connectivity index (χ1) is 15.6. The molecule has 0 radical (unpaired) electrons. The second-order valence-corrected chi connectivity index (χ2v) is 9.92. The highest BCUT2D eigenvalue weighted by Crippen LogP contribution is 2.35. The van der Waals surface area contributed by atoms with E-state index >= 15 is 0 Å². The van der Waals surface area contributed by atoms with E-state index in [9.17, 15) is 8.60 Å². The summed E-state index contributed by atoms with van der Waals surface area (Å²) in [7, 11) is -2.44. The summed E-state index contributed by atoms with van der Waals surface area (Å²) in [5.74, 6) is 4.62. The van der Waals surface area contributed by atoms with Crippen LogP contribution in [0.4, 0.5) is 21.6 Å². The topological polar surface area (TPSA) is 115 Å². The summed E-state index contributed by atoms with van der Waals surface area (Å²) < 4.78 is 40.3. The molecule has 33 heavy (non-hydrogen) atoms. The molecule has 4 rings (SSSR count). The molecule has 0 bridgehead atoms. The van der Waals surface area contributed by atoms with Crippen molar-refractivity contribution in [3.63, 3.8) is 0 Å². The molecule has 0 fully saturated rings. The summed E-state index contributed by atoms with van der Waals surface area (Å²) in [6.07, 6.45) is 2.33. The number of hydrogen-bond donors (Lipinski definition) is 2. The van der Waals surface area contributed by atoms with Crippen molar-refractivity contribution in [1.29, 1.82) is 0 Å². The van der Waals surface area contributed by atoms with E-state index in [4.69, 9.17) is 9.15 Å². The van der Waals surface area contributed by atoms with Crippen LogP contribution < -0.4 is 14.8 Å². The Morgan fingerprint density at radius 2 is 1.97 bits per heavy atom. The molecule has 4 aromatic rings. The molecule has 0 aliphatic carbocycles. The van der Waals surface area contributed by atoms with Crippen molar-refractivity contribution in [2.45, 2.75) is 26.9 Å². The monoisotopic (exact) mass is 470 g/mol. The third-order valence-electron chi connectivity index (χ3n) is 4.66. The van der Waals surface area contributed by atoms with Crippen molar-refractivity contribution in [2.24, 2.45) is 0 Å². The summed E-state index contributed by atoms with van der Waals surface area (Å²) in [6, 6.07) is 7.76. The van der Waals surface area contributed by atoms with Crippen LogP contribution in [-0.2, 0) is 9.71 Å². The Morgan fingerprint density at radius 3 is 2.67 bits per heavy atom. The van der Waals surface area contributed by atoms with Gasteiger partial charge in [0, 0.05) is 40.0 Å². The Bertz CT molecular complexity index is 1440. The third kappa shape index (κ3) is 5.20. The molecule has 2 unspecified atom stereocenters. The smallest absolute Gasteiger partial charge is 0.256 e. The Balaban J connectivity index is 1.70. The first-order valence-corrected chi connectivity index (χ1v) is 12.1. The zero-order chi connectivity index (χ0) is 23.8. The lowest BCUT2D eigenvalue weighted by Gasteiger charge is -2.17. The Morgan fingerprint density at radius 1 is 1.18 bits per heavy atom. The molecule has 2 aromatic heterocycles. The van der Waals surface area contributed by atoms with Crippen LogP contribution in [0, 0.1) is 19.7 Å². The molecule has 11 heteroatoms. The highest BCUT2D eigenvalue weighted by atomic mass is 32.2. The van der Waals surface area contributed by atoms with Crippen LogP contribution >= 0.6 is 0 Å². The number of benzene rings is 2. The molecule has 2 aromatic carbocycles. The van der Waals surface area contributed by atoms with Crippen LogP contribution in [-0.4, -0.2) is 36.5 Å². The van der Waals surface area contributed by atoms with E-state index < -0.39 is 21.6 Å². The summed E-state index contributed by atoms with van der Waals surface area (Å²) in [4.78, 5) is 8.71. The van der Waals surface area contributed by atoms with Gasteiger partial charge in [0.05, 0.1) is 11.2 Å². The van der Waals surface area contributed by atoms with Gasteiger partial charge < -0.3 is 19.2 Å². The largest absolute Gasteiger partial charge is 0.479 e. The minimum absolute atomic E-state index is 0.254. The van der Waals surface area contributed by atoms with E-state index in [1.54, 1.807) is 26.0 Å². The maximum absolute atomic E-state index is 14.0. The minimum atomic E-state index is -2.44. The van der Waals surface area contributed by atoms with Gasteiger partial charge in [0.15, 0.2) is 6.10 Å². The van der Waals surface area contributed by atoms with Crippen molar-refractivity contribution in [2.75, 3.05) is 16.3 Å². The number of nitrogens with zero attached hydrogens (tertiary/aromatic N) is 4. The predicted octanol–water partition coefficient (Wildman–Crippen LogP) is 4.33. The van der Waals surface area contributed by atoms with Gasteiger partial charge in [-0.05, 0) is 49.5 Å². The number of aryl methyl sites for hydroxylation is 2. The number of halogens is 1. The lowest BCUT2D eigenvalue weighted by Crippen LogP contribution is -2.09. The standard InChI is InChI=1S/C22H23FN6O3S/c1-12-8-16(29-33(4,5)30)10-18-20(12)21(25-11-24-18)26-17-7-6-15(23)9-19(17)31-13(2)22-28-27-14(3)32-22/h6-11,13H,4H2,1-3,5H3,(H,29,30)(H,24,25,26). The Hall–Kier alpha value is -3.73. The molecule has 0 spiro atoms. The molecule has 2 atom stereocenters. The number of fused-ring (bicyclic) bond motifs is 1. The van der Waals surface area contributed by atoms with Gasteiger partial charge in [-0.2, -0.15) is 0 Å². The van der Waals surface area contributed by atoms with Gasteiger partial charge in [-0.15, -0.1) is 10.2 Å². The van der Waals surface area contributed by atoms with Crippen LogP contribution in [0.25, 0.3) is 10.9 Å². The van der Waals surface area contributed by atoms with Crippen molar-refractivity contribution in [3.8, 4) is 5.75 Å². The number of rotatable bonds is 7. The molecular formula is C22H23FN6O3S. The van der Waals surface area contributed by atoms with E-state index in [0.717, 1.165) is 10.9 Å². The third-order valence-corrected chi connectivity index (χ3v) is 5.33. The van der Waals surface area contributed by atoms with Gasteiger partial charge in [-0.3, -0.25) is 0 Å². The number of ether oxygens (including phenoxy) is 1. The van der Waals surface area contributed by atoms with E-state index in [2.05, 4.69) is 36.1 Å². The number of aromatic nitrogens is 4. The Kier molecular flexibility index (Phi) is 5.90. The van der Waals surface area contributed by atoms with Crippen LogP contribution in [0.15, 0.2) is 41.1 Å². The predicted molar refractivity (Wildman–Crippen MR) is 127 cm³/mol. The summed E-state index contributed by atoms with van der Waals surface area (Å²) in [6.45, 7) is 5.30. The zero-order valence-electron chi connectivity index (χ0n) is 18.5. The zero-order valence-corrected chi connectivity index (χ0v) is 19.4. The van der Waals surface area contributed by atoms with Gasteiger partial charge in [0.25, 0.3) is 5.89 Å². The van der Waals surface area contributed by atoms with Crippen LogP contribution in [0.3, 0.4) is 0 Å². The summed E-state index contributed by atoms with van der Waals surface area (Å²) in [5.41, 5.74) is 2.62. The fourth-order valence-electron chi connectivity index (χ4n) is 3.34. The second-order valence-electron chi connectivity index (χ2n) is 7.70. The summed E-state index contributed by atoms with van der Waals surface area (Å²) in [5, 5.41) is 11.7. The number of nitrogens with one attached hydrogen (secondary N) is 2. The van der Waals surface area contributed by atoms with Crippen LogP contribution in [0.5, 0.6) is 5.75 Å². The van der Waals surface area contributed by atoms with Crippen LogP contribution in [0.2, 0.25) is 0 Å². The molecule has 0 saturated carbocycles. The average Bonchev–Trinajstić information content (AvgIpc) is 3.15. The highest BCUT2D eigenvalue weighted by Gasteiger charge is 2.18. The lowest BCUT2D eigenvalue weighted by molar-refractivity contribution is 0.187. The quantitative estimate of drug-likeness (QED) is 0.384. The minimum Gasteiger partial charge on any atom is -0.479 e. The molecule has 9 nitrogen and oxygen atoms in total. The van der Waals surface area contributed by atoms with Crippen molar-refractivity contribution in [1.82, 2.24) is 20.2 Å². The summed E-state index contributed by atoms with van der Waals surface area (Å²) >= 11 is 0. The highest BCUT2D eigenvalue weighted by molar-refractivity contribution is 8.00. The van der Waals surface area contributed by atoms with Gasteiger partial charge in [-0.25, -0.2) is 18.6 Å². The molecule has 0 amide bonds. The average molecular weight is 471 g/mol. The molecule has 2 N–H and O–H groups in total. The molecule has 0 aliphatic heterocycles. The van der Waals surface area contributed by atoms with E-state index in [1.807, 2.05) is 13.0 Å². The SMILES string of the molecule is C=S(C)(=O)Nc1cc(C)c2c(Nc3ccc(F)cc3OC(C)c3nnc(C)o3)ncnc2c1.